The maximum absolute atomic E-state index is 9.75. The fraction of sp³-hybridized carbons (Fsp3) is 0.0645. The summed E-state index contributed by atoms with van der Waals surface area (Å²) in [6, 6.07) is 47.5. The van der Waals surface area contributed by atoms with Crippen molar-refractivity contribution < 1.29 is 21.8 Å². The lowest BCUT2D eigenvalue weighted by molar-refractivity contribution is -0.670. The molecule has 0 amide bonds. The van der Waals surface area contributed by atoms with Crippen LogP contribution in [-0.4, -0.2) is 13.0 Å². The van der Waals surface area contributed by atoms with Gasteiger partial charge in [0.05, 0.1) is 5.75 Å². The van der Waals surface area contributed by atoms with E-state index in [2.05, 4.69) is 138 Å². The smallest absolute Gasteiger partial charge is 0.418 e. The molecule has 1 aromatic heterocycles. The number of rotatable bonds is 7. The molecule has 0 aliphatic carbocycles. The van der Waals surface area contributed by atoms with Crippen molar-refractivity contribution in [2.75, 3.05) is 5.75 Å². The lowest BCUT2D eigenvalue weighted by atomic mass is 9.99. The number of hydrogen-bond acceptors (Lipinski definition) is 1. The van der Waals surface area contributed by atoms with Gasteiger partial charge >= 0.3 is 7.25 Å². The minimum atomic E-state index is -6.00. The SMILES string of the molecule is F[B-](F)(F)F.c1ccc(SCC[n+]2c(-c3ccccc3)cc(-c3ccccc3)cc2-c2ccccc2)cc1. The Morgan fingerprint density at radius 2 is 0.868 bits per heavy atom. The summed E-state index contributed by atoms with van der Waals surface area (Å²) in [4.78, 5) is 1.31. The van der Waals surface area contributed by atoms with Crippen molar-refractivity contribution in [3.05, 3.63) is 133 Å². The standard InChI is InChI=1S/C31H26NS.BF4/c1-5-13-25(14-6-1)28-23-30(26-15-7-2-8-16-26)32(21-22-33-29-19-11-4-12-20-29)31(24-28)27-17-9-3-10-18-27;2-1(3,4)5/h1-20,23-24H,21-22H2;/q+1;-1. The Labute approximate surface area is 224 Å². The summed E-state index contributed by atoms with van der Waals surface area (Å²) in [5, 5.41) is 0. The molecule has 0 atom stereocenters. The van der Waals surface area contributed by atoms with Crippen LogP contribution in [0.2, 0.25) is 0 Å². The summed E-state index contributed by atoms with van der Waals surface area (Å²) < 4.78 is 41.5. The highest BCUT2D eigenvalue weighted by Gasteiger charge is 2.22. The van der Waals surface area contributed by atoms with Crippen molar-refractivity contribution in [3.8, 4) is 33.6 Å². The number of halogens is 4. The summed E-state index contributed by atoms with van der Waals surface area (Å²) in [6.07, 6.45) is 0. The molecule has 0 fully saturated rings. The number of hydrogen-bond donors (Lipinski definition) is 0. The van der Waals surface area contributed by atoms with Gasteiger partial charge in [0.25, 0.3) is 0 Å². The summed E-state index contributed by atoms with van der Waals surface area (Å²) in [5.74, 6) is 0.999. The summed E-state index contributed by atoms with van der Waals surface area (Å²) >= 11 is 1.90. The first kappa shape index (κ1) is 27.2. The zero-order valence-electron chi connectivity index (χ0n) is 20.6. The number of benzene rings is 4. The van der Waals surface area contributed by atoms with Crippen LogP contribution in [0.1, 0.15) is 0 Å². The highest BCUT2D eigenvalue weighted by Crippen LogP contribution is 2.29. The van der Waals surface area contributed by atoms with Crippen LogP contribution >= 0.6 is 11.8 Å². The van der Waals surface area contributed by atoms with E-state index < -0.39 is 7.25 Å². The van der Waals surface area contributed by atoms with E-state index in [1.165, 1.54) is 38.5 Å². The third-order valence-electron chi connectivity index (χ3n) is 5.74. The number of thioether (sulfide) groups is 1. The molecule has 0 bridgehead atoms. The molecule has 0 saturated carbocycles. The Morgan fingerprint density at radius 1 is 0.500 bits per heavy atom. The molecule has 5 aromatic rings. The van der Waals surface area contributed by atoms with Crippen molar-refractivity contribution in [2.24, 2.45) is 0 Å². The van der Waals surface area contributed by atoms with Crippen molar-refractivity contribution in [3.63, 3.8) is 0 Å². The van der Waals surface area contributed by atoms with E-state index >= 15 is 0 Å². The van der Waals surface area contributed by atoms with Crippen LogP contribution < -0.4 is 4.57 Å². The van der Waals surface area contributed by atoms with Crippen LogP contribution in [0.4, 0.5) is 17.3 Å². The third kappa shape index (κ3) is 8.08. The van der Waals surface area contributed by atoms with E-state index in [4.69, 9.17) is 0 Å². The fourth-order valence-electron chi connectivity index (χ4n) is 4.13. The Morgan fingerprint density at radius 3 is 1.29 bits per heavy atom. The zero-order valence-corrected chi connectivity index (χ0v) is 21.4. The Hall–Kier alpha value is -3.84. The van der Waals surface area contributed by atoms with E-state index in [0.29, 0.717) is 0 Å². The van der Waals surface area contributed by atoms with Gasteiger partial charge in [-0.15, -0.1) is 11.8 Å². The Balaban J connectivity index is 0.000000617. The molecule has 1 heterocycles. The van der Waals surface area contributed by atoms with Crippen LogP contribution in [-0.2, 0) is 6.54 Å². The Bertz CT molecular complexity index is 1350. The highest BCUT2D eigenvalue weighted by atomic mass is 32.2. The molecule has 0 saturated heterocycles. The topological polar surface area (TPSA) is 3.88 Å². The predicted octanol–water partition coefficient (Wildman–Crippen LogP) is 9.07. The van der Waals surface area contributed by atoms with E-state index in [9.17, 15) is 17.3 Å². The van der Waals surface area contributed by atoms with E-state index in [0.717, 1.165) is 12.3 Å². The largest absolute Gasteiger partial charge is 0.673 e. The second-order valence-corrected chi connectivity index (χ2v) is 9.59. The van der Waals surface area contributed by atoms with Crippen LogP contribution in [0.25, 0.3) is 33.6 Å². The average molecular weight is 531 g/mol. The van der Waals surface area contributed by atoms with E-state index in [-0.39, 0.29) is 0 Å². The van der Waals surface area contributed by atoms with Crippen molar-refractivity contribution in [1.82, 2.24) is 0 Å². The van der Waals surface area contributed by atoms with Gasteiger partial charge in [-0.2, -0.15) is 4.57 Å². The van der Waals surface area contributed by atoms with Crippen LogP contribution in [0.5, 0.6) is 0 Å². The fourth-order valence-corrected chi connectivity index (χ4v) is 4.99. The molecule has 1 nitrogen and oxygen atoms in total. The molecular formula is C31H26BF4NS. The first-order chi connectivity index (χ1) is 18.4. The molecule has 192 valence electrons. The second-order valence-electron chi connectivity index (χ2n) is 8.42. The number of pyridine rings is 1. The molecule has 0 radical (unpaired) electrons. The van der Waals surface area contributed by atoms with E-state index in [1.807, 2.05) is 11.8 Å². The maximum Gasteiger partial charge on any atom is 0.673 e. The maximum atomic E-state index is 9.75. The first-order valence-corrected chi connectivity index (χ1v) is 13.2. The minimum absolute atomic E-state index is 0.920. The van der Waals surface area contributed by atoms with E-state index in [1.54, 1.807) is 0 Å². The average Bonchev–Trinajstić information content (AvgIpc) is 2.94. The van der Waals surface area contributed by atoms with Gasteiger partial charge in [-0.05, 0) is 47.5 Å². The number of aromatic nitrogens is 1. The molecular weight excluding hydrogens is 505 g/mol. The molecule has 38 heavy (non-hydrogen) atoms. The molecule has 0 aliphatic rings. The molecule has 0 aliphatic heterocycles. The van der Waals surface area contributed by atoms with Gasteiger partial charge in [-0.25, -0.2) is 0 Å². The summed E-state index contributed by atoms with van der Waals surface area (Å²) in [6.45, 7) is 0.920. The van der Waals surface area contributed by atoms with Crippen LogP contribution in [0.3, 0.4) is 0 Å². The molecule has 0 N–H and O–H groups in total. The highest BCUT2D eigenvalue weighted by molar-refractivity contribution is 7.99. The van der Waals surface area contributed by atoms with Gasteiger partial charge in [0, 0.05) is 28.2 Å². The van der Waals surface area contributed by atoms with Crippen molar-refractivity contribution in [2.45, 2.75) is 11.4 Å². The van der Waals surface area contributed by atoms with Crippen LogP contribution in [0.15, 0.2) is 138 Å². The lowest BCUT2D eigenvalue weighted by Gasteiger charge is -2.13. The zero-order chi connectivity index (χ0) is 26.8. The summed E-state index contributed by atoms with van der Waals surface area (Å²) in [5.41, 5.74) is 7.42. The monoisotopic (exact) mass is 531 g/mol. The summed E-state index contributed by atoms with van der Waals surface area (Å²) in [7, 11) is -6.00. The molecule has 0 unspecified atom stereocenters. The molecule has 5 rings (SSSR count). The van der Waals surface area contributed by atoms with Gasteiger partial charge in [0.1, 0.15) is 0 Å². The first-order valence-electron chi connectivity index (χ1n) is 12.2. The molecule has 4 aromatic carbocycles. The lowest BCUT2D eigenvalue weighted by Crippen LogP contribution is -2.40. The number of nitrogens with zero attached hydrogens (tertiary/aromatic N) is 1. The predicted molar refractivity (Wildman–Crippen MR) is 150 cm³/mol. The second kappa shape index (κ2) is 13.1. The van der Waals surface area contributed by atoms with Crippen LogP contribution in [0, 0.1) is 0 Å². The van der Waals surface area contributed by atoms with Gasteiger partial charge in [-0.3, -0.25) is 0 Å². The van der Waals surface area contributed by atoms with Crippen molar-refractivity contribution >= 4 is 19.0 Å². The molecule has 0 spiro atoms. The van der Waals surface area contributed by atoms with Gasteiger partial charge in [-0.1, -0.05) is 84.9 Å². The normalized spacial score (nSPS) is 10.9. The van der Waals surface area contributed by atoms with Gasteiger partial charge < -0.3 is 17.3 Å². The quantitative estimate of drug-likeness (QED) is 0.0877. The third-order valence-corrected chi connectivity index (χ3v) is 6.73. The molecule has 7 heteroatoms. The van der Waals surface area contributed by atoms with Crippen molar-refractivity contribution in [1.29, 1.82) is 0 Å². The van der Waals surface area contributed by atoms with Gasteiger partial charge in [0.15, 0.2) is 6.54 Å². The minimum Gasteiger partial charge on any atom is -0.418 e. The Kier molecular flexibility index (Phi) is 9.38. The van der Waals surface area contributed by atoms with Gasteiger partial charge in [0.2, 0.25) is 11.4 Å².